The fraction of sp³-hybridized carbons (Fsp3) is 0.632. The molecule has 0 unspecified atom stereocenters. The third-order valence-electron chi connectivity index (χ3n) is 4.91. The van der Waals surface area contributed by atoms with E-state index in [0.717, 1.165) is 5.56 Å². The van der Waals surface area contributed by atoms with Crippen LogP contribution in [0.1, 0.15) is 58.9 Å². The molecule has 1 amide bonds. The molecule has 1 aliphatic carbocycles. The van der Waals surface area contributed by atoms with Gasteiger partial charge in [-0.25, -0.2) is 13.1 Å². The van der Waals surface area contributed by atoms with Gasteiger partial charge in [0.15, 0.2) is 0 Å². The lowest BCUT2D eigenvalue weighted by atomic mass is 9.86. The van der Waals surface area contributed by atoms with Gasteiger partial charge < -0.3 is 10.4 Å². The van der Waals surface area contributed by atoms with E-state index in [0.29, 0.717) is 31.4 Å². The molecule has 0 spiro atoms. The van der Waals surface area contributed by atoms with Crippen LogP contribution in [0, 0.1) is 5.92 Å². The van der Waals surface area contributed by atoms with E-state index in [-0.39, 0.29) is 17.9 Å². The zero-order valence-corrected chi connectivity index (χ0v) is 16.8. The van der Waals surface area contributed by atoms with Gasteiger partial charge in [0.05, 0.1) is 10.9 Å². The molecule has 7 heteroatoms. The van der Waals surface area contributed by atoms with Crippen molar-refractivity contribution in [3.63, 3.8) is 0 Å². The van der Waals surface area contributed by atoms with Crippen molar-refractivity contribution < 1.29 is 18.3 Å². The first-order chi connectivity index (χ1) is 12.0. The minimum absolute atomic E-state index is 0.0359. The molecule has 1 saturated carbocycles. The molecule has 0 bridgehead atoms. The number of benzene rings is 1. The lowest BCUT2D eigenvalue weighted by molar-refractivity contribution is -0.120. The number of anilines is 1. The quantitative estimate of drug-likeness (QED) is 0.705. The lowest BCUT2D eigenvalue weighted by Crippen LogP contribution is -2.42. The highest BCUT2D eigenvalue weighted by atomic mass is 32.2. The Labute approximate surface area is 156 Å². The van der Waals surface area contributed by atoms with E-state index < -0.39 is 20.9 Å². The van der Waals surface area contributed by atoms with Crippen LogP contribution < -0.4 is 10.0 Å². The van der Waals surface area contributed by atoms with Gasteiger partial charge in [-0.2, -0.15) is 0 Å². The Morgan fingerprint density at radius 1 is 1.12 bits per heavy atom. The van der Waals surface area contributed by atoms with E-state index in [1.165, 1.54) is 0 Å². The van der Waals surface area contributed by atoms with Crippen molar-refractivity contribution in [2.75, 3.05) is 5.32 Å². The average Bonchev–Trinajstić information content (AvgIpc) is 2.54. The second kappa shape index (κ2) is 8.06. The molecule has 0 radical (unpaired) electrons. The molecule has 3 N–H and O–H groups in total. The van der Waals surface area contributed by atoms with Crippen LogP contribution in [-0.4, -0.2) is 30.7 Å². The van der Waals surface area contributed by atoms with Crippen LogP contribution in [-0.2, 0) is 20.4 Å². The summed E-state index contributed by atoms with van der Waals surface area (Å²) in [5, 5.41) is 12.4. The third kappa shape index (κ3) is 5.53. The van der Waals surface area contributed by atoms with Gasteiger partial charge in [0.1, 0.15) is 0 Å². The van der Waals surface area contributed by atoms with Crippen LogP contribution in [0.5, 0.6) is 0 Å². The lowest BCUT2D eigenvalue weighted by Gasteiger charge is -2.28. The second-order valence-corrected chi connectivity index (χ2v) is 10.2. The molecular weight excluding hydrogens is 352 g/mol. The van der Waals surface area contributed by atoms with Gasteiger partial charge in [-0.1, -0.05) is 12.1 Å². The van der Waals surface area contributed by atoms with Crippen molar-refractivity contribution in [3.8, 4) is 0 Å². The van der Waals surface area contributed by atoms with Gasteiger partial charge in [-0.3, -0.25) is 4.79 Å². The molecule has 0 heterocycles. The monoisotopic (exact) mass is 382 g/mol. The van der Waals surface area contributed by atoms with Crippen LogP contribution in [0.3, 0.4) is 0 Å². The summed E-state index contributed by atoms with van der Waals surface area (Å²) in [5.41, 5.74) is 0.573. The highest BCUT2D eigenvalue weighted by molar-refractivity contribution is 7.90. The first kappa shape index (κ1) is 20.9. The minimum atomic E-state index is -3.27. The van der Waals surface area contributed by atoms with Gasteiger partial charge >= 0.3 is 0 Å². The maximum absolute atomic E-state index is 12.5. The molecule has 146 valence electrons. The number of nitrogens with one attached hydrogen (secondary N) is 2. The van der Waals surface area contributed by atoms with Crippen molar-refractivity contribution in [3.05, 3.63) is 29.8 Å². The SMILES string of the molecule is CC(C)S(=O)(=O)N[C@H]1CC[C@H](C(=O)Nc2ccc(C(C)(C)O)cc2)CC1. The Bertz CT molecular complexity index is 713. The van der Waals surface area contributed by atoms with Crippen LogP contribution in [0.4, 0.5) is 5.69 Å². The first-order valence-corrected chi connectivity index (χ1v) is 10.7. The molecule has 0 saturated heterocycles. The van der Waals surface area contributed by atoms with E-state index in [1.54, 1.807) is 52.0 Å². The largest absolute Gasteiger partial charge is 0.386 e. The Kier molecular flexibility index (Phi) is 6.47. The van der Waals surface area contributed by atoms with Crippen molar-refractivity contribution >= 4 is 21.6 Å². The number of rotatable bonds is 6. The topological polar surface area (TPSA) is 95.5 Å². The number of carbonyl (C=O) groups excluding carboxylic acids is 1. The predicted molar refractivity (Wildman–Crippen MR) is 103 cm³/mol. The summed E-state index contributed by atoms with van der Waals surface area (Å²) in [6.07, 6.45) is 2.67. The third-order valence-corrected chi connectivity index (χ3v) is 6.81. The summed E-state index contributed by atoms with van der Waals surface area (Å²) in [7, 11) is -3.27. The molecule has 0 atom stereocenters. The zero-order chi connectivity index (χ0) is 19.5. The summed E-state index contributed by atoms with van der Waals surface area (Å²) in [6, 6.07) is 7.08. The van der Waals surface area contributed by atoms with Gasteiger partial charge in [-0.15, -0.1) is 0 Å². The average molecular weight is 383 g/mol. The summed E-state index contributed by atoms with van der Waals surface area (Å²) in [6.45, 7) is 6.74. The van der Waals surface area contributed by atoms with E-state index >= 15 is 0 Å². The Balaban J connectivity index is 1.87. The number of carbonyl (C=O) groups is 1. The molecule has 6 nitrogen and oxygen atoms in total. The fourth-order valence-electron chi connectivity index (χ4n) is 3.05. The molecule has 1 fully saturated rings. The van der Waals surface area contributed by atoms with Crippen LogP contribution in [0.15, 0.2) is 24.3 Å². The van der Waals surface area contributed by atoms with Crippen molar-refractivity contribution in [1.29, 1.82) is 0 Å². The summed E-state index contributed by atoms with van der Waals surface area (Å²) in [5.74, 6) is -0.144. The van der Waals surface area contributed by atoms with Crippen LogP contribution in [0.2, 0.25) is 0 Å². The molecule has 0 aromatic heterocycles. The molecule has 26 heavy (non-hydrogen) atoms. The smallest absolute Gasteiger partial charge is 0.227 e. The van der Waals surface area contributed by atoms with Gasteiger partial charge in [0, 0.05) is 17.6 Å². The van der Waals surface area contributed by atoms with Crippen molar-refractivity contribution in [2.24, 2.45) is 5.92 Å². The standard InChI is InChI=1S/C19H30N2O4S/c1-13(2)26(24,25)21-17-9-5-14(6-10-17)18(22)20-16-11-7-15(8-12-16)19(3,4)23/h7-8,11-14,17,21,23H,5-6,9-10H2,1-4H3,(H,20,22)/t14-,17-. The second-order valence-electron chi connectivity index (χ2n) is 7.89. The maximum Gasteiger partial charge on any atom is 0.227 e. The summed E-state index contributed by atoms with van der Waals surface area (Å²) in [4.78, 5) is 12.5. The minimum Gasteiger partial charge on any atom is -0.386 e. The van der Waals surface area contributed by atoms with Crippen molar-refractivity contribution in [1.82, 2.24) is 4.72 Å². The molecule has 2 rings (SSSR count). The number of amides is 1. The Morgan fingerprint density at radius 3 is 2.12 bits per heavy atom. The summed E-state index contributed by atoms with van der Waals surface area (Å²) < 4.78 is 26.6. The molecule has 0 aliphatic heterocycles. The molecule has 1 aromatic carbocycles. The van der Waals surface area contributed by atoms with E-state index in [4.69, 9.17) is 0 Å². The van der Waals surface area contributed by atoms with Gasteiger partial charge in [0.25, 0.3) is 0 Å². The fourth-order valence-corrected chi connectivity index (χ4v) is 4.02. The van der Waals surface area contributed by atoms with E-state index in [1.807, 2.05) is 0 Å². The van der Waals surface area contributed by atoms with E-state index in [2.05, 4.69) is 10.0 Å². The molecule has 1 aromatic rings. The zero-order valence-electron chi connectivity index (χ0n) is 16.0. The van der Waals surface area contributed by atoms with E-state index in [9.17, 15) is 18.3 Å². The highest BCUT2D eigenvalue weighted by Crippen LogP contribution is 2.27. The van der Waals surface area contributed by atoms with Crippen LogP contribution >= 0.6 is 0 Å². The highest BCUT2D eigenvalue weighted by Gasteiger charge is 2.29. The number of hydrogen-bond donors (Lipinski definition) is 3. The van der Waals surface area contributed by atoms with Gasteiger partial charge in [-0.05, 0) is 71.1 Å². The number of sulfonamides is 1. The number of hydrogen-bond acceptors (Lipinski definition) is 4. The summed E-state index contributed by atoms with van der Waals surface area (Å²) >= 11 is 0. The normalized spacial score (nSPS) is 21.6. The maximum atomic E-state index is 12.5. The van der Waals surface area contributed by atoms with Crippen molar-refractivity contribution in [2.45, 2.75) is 70.3 Å². The first-order valence-electron chi connectivity index (χ1n) is 9.14. The number of aliphatic hydroxyl groups is 1. The van der Waals surface area contributed by atoms with Gasteiger partial charge in [0.2, 0.25) is 15.9 Å². The Morgan fingerprint density at radius 2 is 1.65 bits per heavy atom. The Hall–Kier alpha value is -1.44. The predicted octanol–water partition coefficient (Wildman–Crippen LogP) is 2.74. The van der Waals surface area contributed by atoms with Crippen LogP contribution in [0.25, 0.3) is 0 Å². The molecule has 1 aliphatic rings. The molecular formula is C19H30N2O4S.